The molecule has 3 nitrogen and oxygen atoms in total. The number of aliphatic hydroxyl groups is 1. The summed E-state index contributed by atoms with van der Waals surface area (Å²) in [6.07, 6.45) is -0.572. The molecule has 0 amide bonds. The number of benzene rings is 2. The number of hydrogen-bond acceptors (Lipinski definition) is 3. The van der Waals surface area contributed by atoms with Crippen LogP contribution >= 0.6 is 24.0 Å². The van der Waals surface area contributed by atoms with Gasteiger partial charge in [0.1, 0.15) is 18.5 Å². The summed E-state index contributed by atoms with van der Waals surface area (Å²) < 4.78 is 5.68. The van der Waals surface area contributed by atoms with E-state index in [0.29, 0.717) is 6.54 Å². The topological polar surface area (TPSA) is 41.5 Å². The fourth-order valence-corrected chi connectivity index (χ4v) is 2.67. The summed E-state index contributed by atoms with van der Waals surface area (Å²) in [4.78, 5) is 0. The molecule has 0 radical (unpaired) electrons. The van der Waals surface area contributed by atoms with E-state index in [-0.39, 0.29) is 25.1 Å². The maximum Gasteiger partial charge on any atom is 0.119 e. The number of hydrogen-bond donors (Lipinski definition) is 2. The Morgan fingerprint density at radius 1 is 1.12 bits per heavy atom. The van der Waals surface area contributed by atoms with Gasteiger partial charge in [0.2, 0.25) is 0 Å². The van der Waals surface area contributed by atoms with E-state index < -0.39 is 6.10 Å². The number of halogens is 2. The summed E-state index contributed by atoms with van der Waals surface area (Å²) in [7, 11) is 0. The average Bonchev–Trinajstić information content (AvgIpc) is 2.49. The lowest BCUT2D eigenvalue weighted by Gasteiger charge is -2.18. The molecular formula is C19H25Cl2NO2. The standard InChI is InChI=1S/C19H24ClNO2.ClH/c1-13-7-14(2)9-19(8-13)23-12-18(22)11-21-15(3)16-5-4-6-17(20)10-16;/h4-10,15,18,21-22H,11-12H2,1-3H3;1H. The lowest BCUT2D eigenvalue weighted by Crippen LogP contribution is -2.33. The molecule has 0 saturated carbocycles. The van der Waals surface area contributed by atoms with Crippen LogP contribution in [0.25, 0.3) is 0 Å². The zero-order valence-corrected chi connectivity index (χ0v) is 15.8. The minimum absolute atomic E-state index is 0. The Balaban J connectivity index is 0.00000288. The Kier molecular flexibility index (Phi) is 8.57. The molecule has 2 aromatic rings. The van der Waals surface area contributed by atoms with Crippen molar-refractivity contribution in [3.05, 3.63) is 64.2 Å². The van der Waals surface area contributed by atoms with E-state index in [1.54, 1.807) is 0 Å². The van der Waals surface area contributed by atoms with Crippen molar-refractivity contribution in [1.82, 2.24) is 5.32 Å². The minimum atomic E-state index is -0.572. The molecular weight excluding hydrogens is 345 g/mol. The molecule has 5 heteroatoms. The predicted molar refractivity (Wildman–Crippen MR) is 103 cm³/mol. The van der Waals surface area contributed by atoms with Gasteiger partial charge in [-0.3, -0.25) is 0 Å². The molecule has 0 aliphatic rings. The van der Waals surface area contributed by atoms with E-state index in [9.17, 15) is 5.11 Å². The number of ether oxygens (including phenoxy) is 1. The summed E-state index contributed by atoms with van der Waals surface area (Å²) in [5.74, 6) is 0.796. The zero-order chi connectivity index (χ0) is 16.8. The van der Waals surface area contributed by atoms with Crippen molar-refractivity contribution in [2.75, 3.05) is 13.2 Å². The quantitative estimate of drug-likeness (QED) is 0.756. The number of rotatable bonds is 7. The summed E-state index contributed by atoms with van der Waals surface area (Å²) in [5, 5.41) is 14.1. The molecule has 0 spiro atoms. The molecule has 24 heavy (non-hydrogen) atoms. The Bertz CT molecular complexity index is 629. The van der Waals surface area contributed by atoms with Crippen LogP contribution in [0, 0.1) is 13.8 Å². The fraction of sp³-hybridized carbons (Fsp3) is 0.368. The maximum absolute atomic E-state index is 10.1. The average molecular weight is 370 g/mol. The summed E-state index contributed by atoms with van der Waals surface area (Å²) in [5.41, 5.74) is 3.41. The Morgan fingerprint density at radius 2 is 1.79 bits per heavy atom. The van der Waals surface area contributed by atoms with Gasteiger partial charge in [0.05, 0.1) is 0 Å². The number of aliphatic hydroxyl groups excluding tert-OH is 1. The van der Waals surface area contributed by atoms with Crippen molar-refractivity contribution in [2.24, 2.45) is 0 Å². The van der Waals surface area contributed by atoms with E-state index in [1.807, 2.05) is 57.2 Å². The smallest absolute Gasteiger partial charge is 0.119 e. The molecule has 0 saturated heterocycles. The van der Waals surface area contributed by atoms with E-state index in [1.165, 1.54) is 0 Å². The van der Waals surface area contributed by atoms with Gasteiger partial charge in [-0.25, -0.2) is 0 Å². The first kappa shape index (κ1) is 20.8. The van der Waals surface area contributed by atoms with Crippen LogP contribution in [0.1, 0.15) is 29.7 Å². The van der Waals surface area contributed by atoms with Crippen LogP contribution in [-0.4, -0.2) is 24.4 Å². The summed E-state index contributed by atoms with van der Waals surface area (Å²) in [6, 6.07) is 13.9. The van der Waals surface area contributed by atoms with Crippen LogP contribution in [0.2, 0.25) is 5.02 Å². The van der Waals surface area contributed by atoms with Crippen LogP contribution in [0.15, 0.2) is 42.5 Å². The molecule has 0 fully saturated rings. The first-order valence-electron chi connectivity index (χ1n) is 7.82. The van der Waals surface area contributed by atoms with Crippen LogP contribution in [0.3, 0.4) is 0 Å². The number of aryl methyl sites for hydroxylation is 2. The lowest BCUT2D eigenvalue weighted by atomic mass is 10.1. The van der Waals surface area contributed by atoms with E-state index in [0.717, 1.165) is 27.5 Å². The highest BCUT2D eigenvalue weighted by molar-refractivity contribution is 6.30. The fourth-order valence-electron chi connectivity index (χ4n) is 2.47. The molecule has 0 heterocycles. The second kappa shape index (κ2) is 9.90. The third-order valence-corrected chi connectivity index (χ3v) is 3.88. The summed E-state index contributed by atoms with van der Waals surface area (Å²) in [6.45, 7) is 6.83. The van der Waals surface area contributed by atoms with Gasteiger partial charge in [-0.15, -0.1) is 12.4 Å². The molecule has 132 valence electrons. The van der Waals surface area contributed by atoms with Gasteiger partial charge in [0.25, 0.3) is 0 Å². The lowest BCUT2D eigenvalue weighted by molar-refractivity contribution is 0.104. The van der Waals surface area contributed by atoms with Crippen molar-refractivity contribution >= 4 is 24.0 Å². The van der Waals surface area contributed by atoms with Crippen molar-refractivity contribution in [3.63, 3.8) is 0 Å². The van der Waals surface area contributed by atoms with Crippen molar-refractivity contribution in [2.45, 2.75) is 32.9 Å². The molecule has 2 rings (SSSR count). The maximum atomic E-state index is 10.1. The van der Waals surface area contributed by atoms with Crippen LogP contribution in [-0.2, 0) is 0 Å². The Labute approximate surface area is 155 Å². The molecule has 2 N–H and O–H groups in total. The monoisotopic (exact) mass is 369 g/mol. The van der Waals surface area contributed by atoms with Crippen LogP contribution in [0.5, 0.6) is 5.75 Å². The van der Waals surface area contributed by atoms with Gasteiger partial charge in [0, 0.05) is 17.6 Å². The number of nitrogens with one attached hydrogen (secondary N) is 1. The van der Waals surface area contributed by atoms with E-state index in [4.69, 9.17) is 16.3 Å². The van der Waals surface area contributed by atoms with E-state index >= 15 is 0 Å². The summed E-state index contributed by atoms with van der Waals surface area (Å²) >= 11 is 6.00. The Morgan fingerprint density at radius 3 is 2.42 bits per heavy atom. The first-order chi connectivity index (χ1) is 10.9. The predicted octanol–water partition coefficient (Wildman–Crippen LogP) is 4.47. The van der Waals surface area contributed by atoms with Gasteiger partial charge in [-0.2, -0.15) is 0 Å². The van der Waals surface area contributed by atoms with Crippen molar-refractivity contribution < 1.29 is 9.84 Å². The molecule has 2 atom stereocenters. The van der Waals surface area contributed by atoms with Gasteiger partial charge < -0.3 is 15.2 Å². The third-order valence-electron chi connectivity index (χ3n) is 3.65. The second-order valence-electron chi connectivity index (χ2n) is 5.97. The molecule has 2 unspecified atom stereocenters. The molecule has 0 aliphatic carbocycles. The minimum Gasteiger partial charge on any atom is -0.491 e. The SMILES string of the molecule is Cc1cc(C)cc(OCC(O)CNC(C)c2cccc(Cl)c2)c1.Cl. The highest BCUT2D eigenvalue weighted by Gasteiger charge is 2.10. The normalized spacial score (nSPS) is 13.0. The van der Waals surface area contributed by atoms with Crippen molar-refractivity contribution in [1.29, 1.82) is 0 Å². The highest BCUT2D eigenvalue weighted by Crippen LogP contribution is 2.18. The van der Waals surface area contributed by atoms with Crippen LogP contribution < -0.4 is 10.1 Å². The zero-order valence-electron chi connectivity index (χ0n) is 14.3. The largest absolute Gasteiger partial charge is 0.491 e. The Hall–Kier alpha value is -1.26. The van der Waals surface area contributed by atoms with Gasteiger partial charge in [0.15, 0.2) is 0 Å². The van der Waals surface area contributed by atoms with Crippen molar-refractivity contribution in [3.8, 4) is 5.75 Å². The molecule has 0 bridgehead atoms. The third kappa shape index (κ3) is 6.70. The van der Waals surface area contributed by atoms with Gasteiger partial charge in [-0.1, -0.05) is 29.8 Å². The van der Waals surface area contributed by atoms with Crippen LogP contribution in [0.4, 0.5) is 0 Å². The molecule has 0 aromatic heterocycles. The van der Waals surface area contributed by atoms with E-state index in [2.05, 4.69) is 11.4 Å². The van der Waals surface area contributed by atoms with Gasteiger partial charge in [-0.05, 0) is 61.7 Å². The first-order valence-corrected chi connectivity index (χ1v) is 8.20. The second-order valence-corrected chi connectivity index (χ2v) is 6.41. The molecule has 2 aromatic carbocycles. The van der Waals surface area contributed by atoms with Gasteiger partial charge >= 0.3 is 0 Å². The molecule has 0 aliphatic heterocycles. The highest BCUT2D eigenvalue weighted by atomic mass is 35.5.